The topological polar surface area (TPSA) is 67.4 Å². The quantitative estimate of drug-likeness (QED) is 0.828. The van der Waals surface area contributed by atoms with E-state index in [4.69, 9.17) is 4.74 Å². The monoisotopic (exact) mass is 248 g/mol. The molecule has 2 heterocycles. The van der Waals surface area contributed by atoms with E-state index in [1.807, 2.05) is 0 Å². The fourth-order valence-corrected chi connectivity index (χ4v) is 1.92. The predicted molar refractivity (Wildman–Crippen MR) is 65.6 cm³/mol. The maximum atomic E-state index is 11.9. The number of nitrogens with one attached hydrogen (secondary N) is 1. The van der Waals surface area contributed by atoms with Crippen LogP contribution in [0, 0.1) is 0 Å². The molecule has 1 N–H and O–H groups in total. The van der Waals surface area contributed by atoms with E-state index in [9.17, 15) is 4.79 Å². The summed E-state index contributed by atoms with van der Waals surface area (Å²) in [4.78, 5) is 22.2. The van der Waals surface area contributed by atoms with Gasteiger partial charge in [-0.2, -0.15) is 0 Å². The Kier molecular flexibility index (Phi) is 3.10. The van der Waals surface area contributed by atoms with Gasteiger partial charge in [-0.05, 0) is 12.8 Å². The van der Waals surface area contributed by atoms with Crippen molar-refractivity contribution in [2.45, 2.75) is 18.9 Å². The lowest BCUT2D eigenvalue weighted by Gasteiger charge is -2.27. The lowest BCUT2D eigenvalue weighted by atomic mass is 10.3. The summed E-state index contributed by atoms with van der Waals surface area (Å²) >= 11 is 0. The lowest BCUT2D eigenvalue weighted by Crippen LogP contribution is -2.37. The Morgan fingerprint density at radius 2 is 2.11 bits per heavy atom. The van der Waals surface area contributed by atoms with Gasteiger partial charge in [-0.15, -0.1) is 0 Å². The summed E-state index contributed by atoms with van der Waals surface area (Å²) < 4.78 is 5.30. The van der Waals surface area contributed by atoms with Gasteiger partial charge in [0.2, 0.25) is 0 Å². The van der Waals surface area contributed by atoms with Crippen LogP contribution in [0.15, 0.2) is 12.4 Å². The van der Waals surface area contributed by atoms with Gasteiger partial charge in [-0.3, -0.25) is 4.79 Å². The van der Waals surface area contributed by atoms with E-state index in [1.165, 1.54) is 6.33 Å². The molecule has 1 saturated heterocycles. The molecular formula is C12H16N4O2. The first-order chi connectivity index (χ1) is 8.83. The normalized spacial score (nSPS) is 19.7. The largest absolute Gasteiger partial charge is 0.378 e. The van der Waals surface area contributed by atoms with Gasteiger partial charge >= 0.3 is 0 Å². The zero-order chi connectivity index (χ0) is 12.4. The Labute approximate surface area is 105 Å². The number of ether oxygens (including phenoxy) is 1. The fraction of sp³-hybridized carbons (Fsp3) is 0.583. The molecule has 3 rings (SSSR count). The summed E-state index contributed by atoms with van der Waals surface area (Å²) in [5, 5.41) is 2.93. The van der Waals surface area contributed by atoms with Crippen LogP contribution in [0.5, 0.6) is 0 Å². The molecule has 2 fully saturated rings. The maximum absolute atomic E-state index is 11.9. The molecule has 96 valence electrons. The van der Waals surface area contributed by atoms with Crippen molar-refractivity contribution in [3.05, 3.63) is 18.1 Å². The van der Waals surface area contributed by atoms with Crippen molar-refractivity contribution in [2.75, 3.05) is 31.2 Å². The minimum Gasteiger partial charge on any atom is -0.378 e. The molecule has 1 aliphatic carbocycles. The van der Waals surface area contributed by atoms with Gasteiger partial charge in [0.25, 0.3) is 5.91 Å². The Bertz CT molecular complexity index is 441. The molecule has 1 amide bonds. The van der Waals surface area contributed by atoms with Crippen LogP contribution in [0.3, 0.4) is 0 Å². The summed E-state index contributed by atoms with van der Waals surface area (Å²) in [6, 6.07) is 2.10. The maximum Gasteiger partial charge on any atom is 0.270 e. The van der Waals surface area contributed by atoms with Crippen molar-refractivity contribution in [1.29, 1.82) is 0 Å². The Balaban J connectivity index is 1.72. The highest BCUT2D eigenvalue weighted by molar-refractivity contribution is 5.93. The molecule has 6 nitrogen and oxygen atoms in total. The second-order valence-electron chi connectivity index (χ2n) is 4.61. The molecule has 1 aliphatic heterocycles. The van der Waals surface area contributed by atoms with Crippen LogP contribution in [-0.2, 0) is 4.74 Å². The van der Waals surface area contributed by atoms with E-state index in [-0.39, 0.29) is 5.91 Å². The molecule has 0 atom stereocenters. The number of aromatic nitrogens is 2. The molecule has 1 saturated carbocycles. The molecule has 1 aromatic heterocycles. The summed E-state index contributed by atoms with van der Waals surface area (Å²) in [5.41, 5.74) is 0.443. The molecule has 2 aliphatic rings. The number of amides is 1. The fourth-order valence-electron chi connectivity index (χ4n) is 1.92. The van der Waals surface area contributed by atoms with Gasteiger partial charge in [0, 0.05) is 25.2 Å². The summed E-state index contributed by atoms with van der Waals surface area (Å²) in [6.45, 7) is 3.02. The zero-order valence-corrected chi connectivity index (χ0v) is 10.1. The van der Waals surface area contributed by atoms with Crippen LogP contribution < -0.4 is 10.2 Å². The van der Waals surface area contributed by atoms with Crippen molar-refractivity contribution in [1.82, 2.24) is 15.3 Å². The van der Waals surface area contributed by atoms with E-state index in [0.29, 0.717) is 24.9 Å². The third kappa shape index (κ3) is 2.59. The summed E-state index contributed by atoms with van der Waals surface area (Å²) in [7, 11) is 0. The van der Waals surface area contributed by atoms with E-state index in [2.05, 4.69) is 20.2 Å². The van der Waals surface area contributed by atoms with Crippen LogP contribution in [-0.4, -0.2) is 48.2 Å². The number of hydrogen-bond donors (Lipinski definition) is 1. The minimum absolute atomic E-state index is 0.102. The van der Waals surface area contributed by atoms with Crippen LogP contribution in [0.1, 0.15) is 23.3 Å². The lowest BCUT2D eigenvalue weighted by molar-refractivity contribution is 0.0946. The number of morpholine rings is 1. The molecule has 0 bridgehead atoms. The number of anilines is 1. The van der Waals surface area contributed by atoms with Gasteiger partial charge in [0.05, 0.1) is 13.2 Å². The first kappa shape index (κ1) is 11.4. The molecule has 0 unspecified atom stereocenters. The number of rotatable bonds is 3. The van der Waals surface area contributed by atoms with E-state index < -0.39 is 0 Å². The van der Waals surface area contributed by atoms with Crippen molar-refractivity contribution in [2.24, 2.45) is 0 Å². The molecule has 1 aromatic rings. The molecule has 0 aromatic carbocycles. The van der Waals surface area contributed by atoms with Crippen LogP contribution in [0.4, 0.5) is 5.82 Å². The molecule has 18 heavy (non-hydrogen) atoms. The van der Waals surface area contributed by atoms with Gasteiger partial charge in [0.1, 0.15) is 17.8 Å². The smallest absolute Gasteiger partial charge is 0.270 e. The van der Waals surface area contributed by atoms with E-state index in [0.717, 1.165) is 31.7 Å². The summed E-state index contributed by atoms with van der Waals surface area (Å²) in [6.07, 6.45) is 3.60. The van der Waals surface area contributed by atoms with E-state index in [1.54, 1.807) is 6.07 Å². The van der Waals surface area contributed by atoms with Crippen molar-refractivity contribution in [3.63, 3.8) is 0 Å². The Morgan fingerprint density at radius 3 is 2.83 bits per heavy atom. The van der Waals surface area contributed by atoms with Crippen LogP contribution in [0.2, 0.25) is 0 Å². The van der Waals surface area contributed by atoms with Gasteiger partial charge in [0.15, 0.2) is 0 Å². The second-order valence-corrected chi connectivity index (χ2v) is 4.61. The predicted octanol–water partition coefficient (Wildman–Crippen LogP) is 0.205. The molecule has 6 heteroatoms. The Hall–Kier alpha value is -1.69. The van der Waals surface area contributed by atoms with Crippen molar-refractivity contribution in [3.8, 4) is 0 Å². The second kappa shape index (κ2) is 4.89. The number of carbonyl (C=O) groups excluding carboxylic acids is 1. The van der Waals surface area contributed by atoms with Crippen LogP contribution >= 0.6 is 0 Å². The van der Waals surface area contributed by atoms with Crippen molar-refractivity contribution >= 4 is 11.7 Å². The first-order valence-corrected chi connectivity index (χ1v) is 6.28. The highest BCUT2D eigenvalue weighted by atomic mass is 16.5. The SMILES string of the molecule is O=C(NC1CC1)c1cc(N2CCOCC2)ncn1. The molecule has 0 spiro atoms. The average Bonchev–Trinajstić information content (AvgIpc) is 3.24. The molecular weight excluding hydrogens is 232 g/mol. The number of nitrogens with zero attached hydrogens (tertiary/aromatic N) is 3. The van der Waals surface area contributed by atoms with Gasteiger partial charge in [-0.1, -0.05) is 0 Å². The zero-order valence-electron chi connectivity index (χ0n) is 10.1. The third-order valence-electron chi connectivity index (χ3n) is 3.13. The highest BCUT2D eigenvalue weighted by Crippen LogP contribution is 2.19. The third-order valence-corrected chi connectivity index (χ3v) is 3.13. The standard InChI is InChI=1S/C12H16N4O2/c17-12(15-9-1-2-9)10-7-11(14-8-13-10)16-3-5-18-6-4-16/h7-9H,1-6H2,(H,15,17). The van der Waals surface area contributed by atoms with Crippen LogP contribution in [0.25, 0.3) is 0 Å². The highest BCUT2D eigenvalue weighted by Gasteiger charge is 2.24. The van der Waals surface area contributed by atoms with Gasteiger partial charge in [-0.25, -0.2) is 9.97 Å². The minimum atomic E-state index is -0.102. The summed E-state index contributed by atoms with van der Waals surface area (Å²) in [5.74, 6) is 0.698. The number of carbonyl (C=O) groups is 1. The van der Waals surface area contributed by atoms with Crippen molar-refractivity contribution < 1.29 is 9.53 Å². The first-order valence-electron chi connectivity index (χ1n) is 6.28. The number of hydrogen-bond acceptors (Lipinski definition) is 5. The Morgan fingerprint density at radius 1 is 1.33 bits per heavy atom. The molecule has 0 radical (unpaired) electrons. The van der Waals surface area contributed by atoms with Gasteiger partial charge < -0.3 is 15.0 Å². The van der Waals surface area contributed by atoms with E-state index >= 15 is 0 Å². The average molecular weight is 248 g/mol.